The summed E-state index contributed by atoms with van der Waals surface area (Å²) in [5, 5.41) is 10.3. The van der Waals surface area contributed by atoms with Crippen molar-refractivity contribution in [1.82, 2.24) is 19.8 Å². The first-order chi connectivity index (χ1) is 20.3. The summed E-state index contributed by atoms with van der Waals surface area (Å²) in [6.45, 7) is -0.435. The number of carbonyl (C=O) groups excluding carboxylic acids is 4. The molecule has 2 aromatic carbocycles. The number of rotatable bonds is 11. The number of carbonyl (C=O) groups is 4. The van der Waals surface area contributed by atoms with E-state index in [1.165, 1.54) is 24.5 Å². The van der Waals surface area contributed by atoms with Crippen molar-refractivity contribution in [1.29, 1.82) is 0 Å². The normalized spacial score (nSPS) is 10.4. The van der Waals surface area contributed by atoms with Gasteiger partial charge in [-0.3, -0.25) is 28.8 Å². The molecule has 0 aliphatic carbocycles. The van der Waals surface area contributed by atoms with Gasteiger partial charge in [-0.05, 0) is 48.5 Å². The van der Waals surface area contributed by atoms with Crippen LogP contribution < -0.4 is 32.4 Å². The molecule has 4 N–H and O–H groups in total. The second-order valence-electron chi connectivity index (χ2n) is 9.05. The molecule has 4 amide bonds. The van der Waals surface area contributed by atoms with Gasteiger partial charge in [-0.15, -0.1) is 0 Å². The minimum Gasteiger partial charge on any atom is -0.353 e. The van der Waals surface area contributed by atoms with Crippen molar-refractivity contribution in [2.75, 3.05) is 23.7 Å². The van der Waals surface area contributed by atoms with E-state index in [-0.39, 0.29) is 37.6 Å². The van der Waals surface area contributed by atoms with Crippen LogP contribution in [0.5, 0.6) is 0 Å². The average molecular weight is 569 g/mol. The molecular weight excluding hydrogens is 540 g/mol. The highest BCUT2D eigenvalue weighted by Crippen LogP contribution is 2.06. The predicted octanol–water partition coefficient (Wildman–Crippen LogP) is 1.45. The van der Waals surface area contributed by atoms with Gasteiger partial charge in [-0.2, -0.15) is 0 Å². The van der Waals surface area contributed by atoms with Crippen molar-refractivity contribution in [2.24, 2.45) is 0 Å². The maximum Gasteiger partial charge on any atom is 0.274 e. The highest BCUT2D eigenvalue weighted by molar-refractivity contribution is 6.04. The Labute approximate surface area is 240 Å². The highest BCUT2D eigenvalue weighted by atomic mass is 16.2. The van der Waals surface area contributed by atoms with Crippen molar-refractivity contribution in [3.8, 4) is 0 Å². The van der Waals surface area contributed by atoms with E-state index >= 15 is 0 Å². The third-order valence-electron chi connectivity index (χ3n) is 6.01. The second-order valence-corrected chi connectivity index (χ2v) is 9.05. The number of aromatic nitrogens is 2. The number of nitrogens with zero attached hydrogens (tertiary/aromatic N) is 2. The van der Waals surface area contributed by atoms with Gasteiger partial charge in [0.25, 0.3) is 22.9 Å². The number of pyridine rings is 2. The molecule has 0 bridgehead atoms. The molecule has 2 aromatic heterocycles. The highest BCUT2D eigenvalue weighted by Gasteiger charge is 2.13. The number of hydrogen-bond donors (Lipinski definition) is 4. The maximum absolute atomic E-state index is 12.7. The summed E-state index contributed by atoms with van der Waals surface area (Å²) in [6, 6.07) is 22.8. The number of anilines is 2. The minimum absolute atomic E-state index is 0.0327. The zero-order valence-electron chi connectivity index (χ0n) is 22.4. The van der Waals surface area contributed by atoms with Crippen LogP contribution in [0.3, 0.4) is 0 Å². The lowest BCUT2D eigenvalue weighted by Crippen LogP contribution is -2.39. The van der Waals surface area contributed by atoms with E-state index in [0.29, 0.717) is 11.1 Å². The summed E-state index contributed by atoms with van der Waals surface area (Å²) >= 11 is 0. The zero-order chi connectivity index (χ0) is 29.9. The summed E-state index contributed by atoms with van der Waals surface area (Å²) in [7, 11) is 0. The molecule has 0 atom stereocenters. The van der Waals surface area contributed by atoms with Gasteiger partial charge in [0.2, 0.25) is 11.8 Å². The third kappa shape index (κ3) is 7.88. The SMILES string of the molecule is O=C(Cn1cccc(NC(=O)c2ccccc2)c1=O)NCCNC(=O)Cn1cccc(NC(=O)c2ccccc2)c1=O. The lowest BCUT2D eigenvalue weighted by molar-refractivity contribution is -0.123. The lowest BCUT2D eigenvalue weighted by atomic mass is 10.2. The summed E-state index contributed by atoms with van der Waals surface area (Å²) in [4.78, 5) is 74.9. The average Bonchev–Trinajstić information content (AvgIpc) is 3.00. The van der Waals surface area contributed by atoms with Gasteiger partial charge in [0, 0.05) is 36.6 Å². The number of amides is 4. The van der Waals surface area contributed by atoms with E-state index in [4.69, 9.17) is 0 Å². The van der Waals surface area contributed by atoms with Gasteiger partial charge in [-0.1, -0.05) is 36.4 Å². The van der Waals surface area contributed by atoms with E-state index in [0.717, 1.165) is 9.13 Å². The van der Waals surface area contributed by atoms with Crippen LogP contribution in [0.1, 0.15) is 20.7 Å². The maximum atomic E-state index is 12.7. The zero-order valence-corrected chi connectivity index (χ0v) is 22.4. The molecule has 0 fully saturated rings. The van der Waals surface area contributed by atoms with Gasteiger partial charge in [-0.25, -0.2) is 0 Å². The van der Waals surface area contributed by atoms with Crippen molar-refractivity contribution in [3.05, 3.63) is 129 Å². The van der Waals surface area contributed by atoms with E-state index < -0.39 is 34.7 Å². The molecule has 0 radical (unpaired) electrons. The monoisotopic (exact) mass is 568 g/mol. The molecule has 12 heteroatoms. The molecular formula is C30H28N6O6. The van der Waals surface area contributed by atoms with Crippen LogP contribution >= 0.6 is 0 Å². The molecule has 0 saturated carbocycles. The molecule has 0 unspecified atom stereocenters. The Morgan fingerprint density at radius 1 is 0.524 bits per heavy atom. The van der Waals surface area contributed by atoms with Crippen LogP contribution in [0.15, 0.2) is 107 Å². The van der Waals surface area contributed by atoms with E-state index in [1.807, 2.05) is 0 Å². The van der Waals surface area contributed by atoms with Gasteiger partial charge in [0.05, 0.1) is 0 Å². The fraction of sp³-hybridized carbons (Fsp3) is 0.133. The molecule has 42 heavy (non-hydrogen) atoms. The molecule has 0 spiro atoms. The van der Waals surface area contributed by atoms with Crippen molar-refractivity contribution < 1.29 is 19.2 Å². The fourth-order valence-corrected chi connectivity index (χ4v) is 3.91. The largest absolute Gasteiger partial charge is 0.353 e. The molecule has 2 heterocycles. The van der Waals surface area contributed by atoms with Crippen LogP contribution in [0.25, 0.3) is 0 Å². The van der Waals surface area contributed by atoms with Crippen LogP contribution in [-0.4, -0.2) is 45.9 Å². The van der Waals surface area contributed by atoms with Gasteiger partial charge in [0.1, 0.15) is 24.5 Å². The second kappa shape index (κ2) is 14.0. The smallest absolute Gasteiger partial charge is 0.274 e. The standard InChI is InChI=1S/C30H28N6O6/c37-25(19-35-17-7-13-23(29(35)41)33-27(39)21-9-3-1-4-10-21)31-15-16-32-26(38)20-36-18-8-14-24(30(36)42)34-28(40)22-11-5-2-6-12-22/h1-14,17-18H,15-16,19-20H2,(H,31,37)(H,32,38)(H,33,39)(H,34,40). The molecule has 4 rings (SSSR count). The van der Waals surface area contributed by atoms with Gasteiger partial charge in [0.15, 0.2) is 0 Å². The first-order valence-corrected chi connectivity index (χ1v) is 13.0. The topological polar surface area (TPSA) is 160 Å². The van der Waals surface area contributed by atoms with Crippen molar-refractivity contribution in [3.63, 3.8) is 0 Å². The first kappa shape index (κ1) is 29.2. The van der Waals surface area contributed by atoms with E-state index in [9.17, 15) is 28.8 Å². The number of benzene rings is 2. The Balaban J connectivity index is 1.23. The number of nitrogens with one attached hydrogen (secondary N) is 4. The molecule has 0 aliphatic heterocycles. The van der Waals surface area contributed by atoms with Crippen molar-refractivity contribution in [2.45, 2.75) is 13.1 Å². The molecule has 0 aliphatic rings. The fourth-order valence-electron chi connectivity index (χ4n) is 3.91. The Hall–Kier alpha value is -5.78. The van der Waals surface area contributed by atoms with Gasteiger partial charge >= 0.3 is 0 Å². The van der Waals surface area contributed by atoms with E-state index in [1.54, 1.807) is 72.8 Å². The Bertz CT molecular complexity index is 1570. The number of hydrogen-bond acceptors (Lipinski definition) is 6. The third-order valence-corrected chi connectivity index (χ3v) is 6.01. The lowest BCUT2D eigenvalue weighted by Gasteiger charge is -2.11. The molecule has 214 valence electrons. The summed E-state index contributed by atoms with van der Waals surface area (Å²) in [5.74, 6) is -1.85. The van der Waals surface area contributed by atoms with Gasteiger partial charge < -0.3 is 30.4 Å². The molecule has 4 aromatic rings. The first-order valence-electron chi connectivity index (χ1n) is 13.0. The van der Waals surface area contributed by atoms with Crippen LogP contribution in [-0.2, 0) is 22.7 Å². The van der Waals surface area contributed by atoms with E-state index in [2.05, 4.69) is 21.3 Å². The predicted molar refractivity (Wildman–Crippen MR) is 156 cm³/mol. The van der Waals surface area contributed by atoms with Crippen molar-refractivity contribution >= 4 is 35.0 Å². The summed E-state index contributed by atoms with van der Waals surface area (Å²) in [6.07, 6.45) is 2.85. The Morgan fingerprint density at radius 2 is 0.905 bits per heavy atom. The quantitative estimate of drug-likeness (QED) is 0.200. The Kier molecular flexibility index (Phi) is 9.76. The molecule has 12 nitrogen and oxygen atoms in total. The molecule has 0 saturated heterocycles. The minimum atomic E-state index is -0.544. The van der Waals surface area contributed by atoms with Crippen LogP contribution in [0, 0.1) is 0 Å². The van der Waals surface area contributed by atoms with Crippen LogP contribution in [0.4, 0.5) is 11.4 Å². The summed E-state index contributed by atoms with van der Waals surface area (Å²) < 4.78 is 2.31. The Morgan fingerprint density at radius 3 is 1.29 bits per heavy atom. The van der Waals surface area contributed by atoms with Crippen LogP contribution in [0.2, 0.25) is 0 Å². The summed E-state index contributed by atoms with van der Waals surface area (Å²) in [5.41, 5.74) is -0.245.